The molecule has 0 aliphatic rings. The second-order valence-electron chi connectivity index (χ2n) is 17.4. The fourth-order valence-corrected chi connectivity index (χ4v) is 7.86. The summed E-state index contributed by atoms with van der Waals surface area (Å²) in [5.74, 6) is -0.153. The monoisotopic (exact) mass is 790 g/mol. The average molecular weight is 790 g/mol. The number of amides is 1. The summed E-state index contributed by atoms with van der Waals surface area (Å²) < 4.78 is 0. The number of nitrogens with one attached hydrogen (secondary N) is 1. The number of aliphatic hydroxyl groups is 3. The normalized spacial score (nSPS) is 13.6. The smallest absolute Gasteiger partial charge is 0.220 e. The van der Waals surface area contributed by atoms with E-state index in [1.54, 1.807) is 0 Å². The molecule has 0 bridgehead atoms. The predicted octanol–water partition coefficient (Wildman–Crippen LogP) is 14.9. The SMILES string of the molecule is CCCCCCC/C=C/CCCC(O)C(O)C(CO)NC(=O)CCCCCCCCCCCCCCCCCC/C=C\CCCCCCCCCCCCCC. The minimum atomic E-state index is -1.15. The van der Waals surface area contributed by atoms with Gasteiger partial charge in [0.2, 0.25) is 5.91 Å². The van der Waals surface area contributed by atoms with Crippen LogP contribution in [0.1, 0.15) is 271 Å². The van der Waals surface area contributed by atoms with Gasteiger partial charge in [-0.2, -0.15) is 0 Å². The first-order valence-corrected chi connectivity index (χ1v) is 25.1. The van der Waals surface area contributed by atoms with Gasteiger partial charge in [-0.15, -0.1) is 0 Å². The Morgan fingerprint density at radius 2 is 0.714 bits per heavy atom. The Labute approximate surface area is 350 Å². The fraction of sp³-hybridized carbons (Fsp3) is 0.902. The van der Waals surface area contributed by atoms with Crippen LogP contribution >= 0.6 is 0 Å². The number of carbonyl (C=O) groups is 1. The highest BCUT2D eigenvalue weighted by molar-refractivity contribution is 5.76. The highest BCUT2D eigenvalue weighted by atomic mass is 16.3. The maximum absolute atomic E-state index is 12.4. The first kappa shape index (κ1) is 54.8. The molecule has 5 nitrogen and oxygen atoms in total. The molecule has 0 rings (SSSR count). The Morgan fingerprint density at radius 3 is 1.04 bits per heavy atom. The lowest BCUT2D eigenvalue weighted by Crippen LogP contribution is -2.50. The Kier molecular flexibility index (Phi) is 45.5. The number of rotatable bonds is 46. The minimum absolute atomic E-state index is 0.153. The highest BCUT2D eigenvalue weighted by Crippen LogP contribution is 2.16. The van der Waals surface area contributed by atoms with Crippen molar-refractivity contribution in [3.8, 4) is 0 Å². The summed E-state index contributed by atoms with van der Waals surface area (Å²) in [6.45, 7) is 4.15. The summed E-state index contributed by atoms with van der Waals surface area (Å²) in [6.07, 6.45) is 57.7. The number of unbranched alkanes of at least 4 members (excludes halogenated alkanes) is 34. The van der Waals surface area contributed by atoms with Crippen LogP contribution in [-0.4, -0.2) is 46.1 Å². The van der Waals surface area contributed by atoms with Gasteiger partial charge >= 0.3 is 0 Å². The van der Waals surface area contributed by atoms with Crippen LogP contribution in [0.3, 0.4) is 0 Å². The van der Waals surface area contributed by atoms with Gasteiger partial charge in [-0.3, -0.25) is 4.79 Å². The Bertz CT molecular complexity index is 829. The first-order valence-electron chi connectivity index (χ1n) is 25.1. The molecule has 5 heteroatoms. The highest BCUT2D eigenvalue weighted by Gasteiger charge is 2.26. The number of hydrogen-bond donors (Lipinski definition) is 4. The first-order chi connectivity index (χ1) is 27.6. The molecule has 56 heavy (non-hydrogen) atoms. The van der Waals surface area contributed by atoms with Crippen molar-refractivity contribution in [3.63, 3.8) is 0 Å². The molecule has 1 amide bonds. The quantitative estimate of drug-likeness (QED) is 0.0365. The van der Waals surface area contributed by atoms with E-state index in [0.29, 0.717) is 12.8 Å². The van der Waals surface area contributed by atoms with E-state index in [4.69, 9.17) is 0 Å². The molecule has 332 valence electrons. The van der Waals surface area contributed by atoms with Gasteiger partial charge in [-0.25, -0.2) is 0 Å². The van der Waals surface area contributed by atoms with E-state index in [9.17, 15) is 20.1 Å². The second-order valence-corrected chi connectivity index (χ2v) is 17.4. The molecule has 3 atom stereocenters. The molecular formula is C51H99NO4. The van der Waals surface area contributed by atoms with Gasteiger partial charge in [0.15, 0.2) is 0 Å². The maximum Gasteiger partial charge on any atom is 0.220 e. The zero-order chi connectivity index (χ0) is 40.8. The van der Waals surface area contributed by atoms with Crippen LogP contribution in [0.25, 0.3) is 0 Å². The lowest BCUT2D eigenvalue weighted by atomic mass is 10.0. The zero-order valence-electron chi connectivity index (χ0n) is 37.8. The zero-order valence-corrected chi connectivity index (χ0v) is 37.8. The van der Waals surface area contributed by atoms with E-state index >= 15 is 0 Å². The van der Waals surface area contributed by atoms with Crippen LogP contribution in [0.4, 0.5) is 0 Å². The molecule has 0 spiro atoms. The molecular weight excluding hydrogens is 691 g/mol. The second kappa shape index (κ2) is 46.5. The van der Waals surface area contributed by atoms with Crippen LogP contribution in [0, 0.1) is 0 Å². The van der Waals surface area contributed by atoms with Crippen molar-refractivity contribution < 1.29 is 20.1 Å². The van der Waals surface area contributed by atoms with Gasteiger partial charge in [-0.1, -0.05) is 224 Å². The van der Waals surface area contributed by atoms with E-state index in [1.165, 1.54) is 205 Å². The lowest BCUT2D eigenvalue weighted by molar-refractivity contribution is -0.124. The third-order valence-corrected chi connectivity index (χ3v) is 11.8. The third kappa shape index (κ3) is 41.0. The van der Waals surface area contributed by atoms with E-state index in [-0.39, 0.29) is 12.5 Å². The van der Waals surface area contributed by atoms with E-state index < -0.39 is 18.2 Å². The van der Waals surface area contributed by atoms with Crippen LogP contribution in [0.15, 0.2) is 24.3 Å². The minimum Gasteiger partial charge on any atom is -0.394 e. The van der Waals surface area contributed by atoms with E-state index in [2.05, 4.69) is 43.5 Å². The number of hydrogen-bond acceptors (Lipinski definition) is 4. The average Bonchev–Trinajstić information content (AvgIpc) is 3.20. The lowest BCUT2D eigenvalue weighted by Gasteiger charge is -2.26. The summed E-state index contributed by atoms with van der Waals surface area (Å²) in [4.78, 5) is 12.4. The van der Waals surface area contributed by atoms with Gasteiger partial charge in [0.25, 0.3) is 0 Å². The van der Waals surface area contributed by atoms with Crippen molar-refractivity contribution in [2.45, 2.75) is 289 Å². The van der Waals surface area contributed by atoms with Gasteiger partial charge in [0, 0.05) is 6.42 Å². The summed E-state index contributed by atoms with van der Waals surface area (Å²) in [5.41, 5.74) is 0. The Morgan fingerprint density at radius 1 is 0.429 bits per heavy atom. The summed E-state index contributed by atoms with van der Waals surface area (Å²) in [7, 11) is 0. The van der Waals surface area contributed by atoms with Crippen LogP contribution in [0.5, 0.6) is 0 Å². The van der Waals surface area contributed by atoms with Gasteiger partial charge in [0.1, 0.15) is 6.10 Å². The maximum atomic E-state index is 12.4. The molecule has 0 radical (unpaired) electrons. The van der Waals surface area contributed by atoms with Crippen LogP contribution in [-0.2, 0) is 4.79 Å². The topological polar surface area (TPSA) is 89.8 Å². The molecule has 0 saturated heterocycles. The predicted molar refractivity (Wildman–Crippen MR) is 245 cm³/mol. The molecule has 0 aromatic carbocycles. The molecule has 0 aromatic rings. The molecule has 0 fully saturated rings. The molecule has 3 unspecified atom stereocenters. The van der Waals surface area contributed by atoms with Crippen LogP contribution < -0.4 is 5.32 Å². The van der Waals surface area contributed by atoms with Gasteiger partial charge < -0.3 is 20.6 Å². The Hall–Kier alpha value is -1.17. The molecule has 0 aliphatic carbocycles. The summed E-state index contributed by atoms with van der Waals surface area (Å²) >= 11 is 0. The van der Waals surface area contributed by atoms with Gasteiger partial charge in [0.05, 0.1) is 18.8 Å². The van der Waals surface area contributed by atoms with E-state index in [0.717, 1.165) is 38.5 Å². The largest absolute Gasteiger partial charge is 0.394 e. The summed E-state index contributed by atoms with van der Waals surface area (Å²) in [5, 5.41) is 33.4. The summed E-state index contributed by atoms with van der Waals surface area (Å²) in [6, 6.07) is -0.822. The number of allylic oxidation sites excluding steroid dienone is 4. The van der Waals surface area contributed by atoms with Crippen molar-refractivity contribution in [3.05, 3.63) is 24.3 Å². The van der Waals surface area contributed by atoms with Crippen molar-refractivity contribution >= 4 is 5.91 Å². The van der Waals surface area contributed by atoms with Crippen molar-refractivity contribution in [2.75, 3.05) is 6.61 Å². The molecule has 4 N–H and O–H groups in total. The Balaban J connectivity index is 3.47. The van der Waals surface area contributed by atoms with Crippen molar-refractivity contribution in [1.82, 2.24) is 5.32 Å². The molecule has 0 aliphatic heterocycles. The molecule has 0 aromatic heterocycles. The van der Waals surface area contributed by atoms with Gasteiger partial charge in [-0.05, 0) is 64.2 Å². The third-order valence-electron chi connectivity index (χ3n) is 11.8. The number of aliphatic hydroxyl groups excluding tert-OH is 3. The standard InChI is InChI=1S/C51H99NO4/c1-3-5-7-9-11-13-15-16-17-18-19-20-21-22-23-24-25-26-27-28-29-30-31-32-33-34-35-36-38-40-42-44-46-50(55)52-48(47-53)51(56)49(54)45-43-41-39-37-14-12-10-8-6-4-2/h22-23,37,39,48-49,51,53-54,56H,3-21,24-36,38,40-47H2,1-2H3,(H,52,55)/b23-22-,39-37+. The molecule has 0 heterocycles. The van der Waals surface area contributed by atoms with Crippen molar-refractivity contribution in [2.24, 2.45) is 0 Å². The molecule has 0 saturated carbocycles. The van der Waals surface area contributed by atoms with E-state index in [1.807, 2.05) is 0 Å². The number of carbonyl (C=O) groups excluding carboxylic acids is 1. The van der Waals surface area contributed by atoms with Crippen molar-refractivity contribution in [1.29, 1.82) is 0 Å². The van der Waals surface area contributed by atoms with Crippen LogP contribution in [0.2, 0.25) is 0 Å². The fourth-order valence-electron chi connectivity index (χ4n) is 7.86.